The molecule has 1 aromatic rings. The molecule has 0 bridgehead atoms. The third-order valence-electron chi connectivity index (χ3n) is 3.24. The Balaban J connectivity index is 1.95. The molecule has 1 aliphatic rings. The predicted octanol–water partition coefficient (Wildman–Crippen LogP) is 1.41. The summed E-state index contributed by atoms with van der Waals surface area (Å²) in [4.78, 5) is 23.3. The summed E-state index contributed by atoms with van der Waals surface area (Å²) < 4.78 is 4.62. The number of nitrogens with one attached hydrogen (secondary N) is 2. The molecule has 0 aliphatic carbocycles. The van der Waals surface area contributed by atoms with Crippen molar-refractivity contribution in [1.29, 1.82) is 0 Å². The highest BCUT2D eigenvalue weighted by atomic mass is 16.5. The van der Waals surface area contributed by atoms with Crippen molar-refractivity contribution in [2.75, 3.05) is 25.5 Å². The largest absolute Gasteiger partial charge is 0.465 e. The van der Waals surface area contributed by atoms with E-state index in [9.17, 15) is 9.59 Å². The molecule has 1 heterocycles. The van der Waals surface area contributed by atoms with Crippen molar-refractivity contribution in [3.05, 3.63) is 29.8 Å². The van der Waals surface area contributed by atoms with E-state index in [1.54, 1.807) is 24.3 Å². The van der Waals surface area contributed by atoms with E-state index in [0.717, 1.165) is 25.9 Å². The first-order valence-corrected chi connectivity index (χ1v) is 6.40. The fourth-order valence-electron chi connectivity index (χ4n) is 2.13. The maximum absolute atomic E-state index is 12.0. The Morgan fingerprint density at radius 3 is 2.63 bits per heavy atom. The summed E-state index contributed by atoms with van der Waals surface area (Å²) in [5.41, 5.74) is 1.17. The molecular weight excluding hydrogens is 244 g/mol. The molecule has 1 saturated heterocycles. The number of esters is 1. The zero-order chi connectivity index (χ0) is 13.7. The maximum atomic E-state index is 12.0. The van der Waals surface area contributed by atoms with Crippen LogP contribution in [0.2, 0.25) is 0 Å². The second-order valence-electron chi connectivity index (χ2n) is 4.60. The standard InChI is InChI=1S/C14H18N2O3/c1-19-14(18)10-4-6-12(7-5-10)16-13(17)11-3-2-8-15-9-11/h4-7,11,15H,2-3,8-9H2,1H3,(H,16,17)/t11-/m1/s1. The summed E-state index contributed by atoms with van der Waals surface area (Å²) in [6, 6.07) is 6.70. The highest BCUT2D eigenvalue weighted by Gasteiger charge is 2.20. The van der Waals surface area contributed by atoms with Crippen molar-refractivity contribution < 1.29 is 14.3 Å². The van der Waals surface area contributed by atoms with Crippen LogP contribution < -0.4 is 10.6 Å². The Morgan fingerprint density at radius 2 is 2.05 bits per heavy atom. The first-order chi connectivity index (χ1) is 9.20. The average Bonchev–Trinajstić information content (AvgIpc) is 2.48. The number of carbonyl (C=O) groups is 2. The van der Waals surface area contributed by atoms with Gasteiger partial charge in [-0.05, 0) is 43.7 Å². The number of carbonyl (C=O) groups excluding carboxylic acids is 2. The van der Waals surface area contributed by atoms with Crippen LogP contribution in [0.4, 0.5) is 5.69 Å². The van der Waals surface area contributed by atoms with Gasteiger partial charge in [0.25, 0.3) is 0 Å². The molecule has 0 saturated carbocycles. The molecule has 2 N–H and O–H groups in total. The SMILES string of the molecule is COC(=O)c1ccc(NC(=O)[C@@H]2CCCNC2)cc1. The van der Waals surface area contributed by atoms with E-state index in [-0.39, 0.29) is 17.8 Å². The van der Waals surface area contributed by atoms with E-state index in [0.29, 0.717) is 11.3 Å². The molecule has 2 rings (SSSR count). The molecule has 1 aliphatic heterocycles. The zero-order valence-electron chi connectivity index (χ0n) is 10.9. The Bertz CT molecular complexity index is 450. The van der Waals surface area contributed by atoms with Gasteiger partial charge in [0.05, 0.1) is 18.6 Å². The third kappa shape index (κ3) is 3.54. The predicted molar refractivity (Wildman–Crippen MR) is 72.0 cm³/mol. The van der Waals surface area contributed by atoms with E-state index in [2.05, 4.69) is 15.4 Å². The first-order valence-electron chi connectivity index (χ1n) is 6.40. The minimum atomic E-state index is -0.380. The Hall–Kier alpha value is -1.88. The van der Waals surface area contributed by atoms with Gasteiger partial charge in [0.15, 0.2) is 0 Å². The van der Waals surface area contributed by atoms with Gasteiger partial charge in [0.2, 0.25) is 5.91 Å². The molecule has 1 amide bonds. The van der Waals surface area contributed by atoms with Crippen LogP contribution in [0.15, 0.2) is 24.3 Å². The number of piperidine rings is 1. The molecule has 0 spiro atoms. The van der Waals surface area contributed by atoms with Gasteiger partial charge in [-0.3, -0.25) is 4.79 Å². The molecule has 0 aromatic heterocycles. The van der Waals surface area contributed by atoms with Crippen LogP contribution in [0.5, 0.6) is 0 Å². The summed E-state index contributed by atoms with van der Waals surface area (Å²) >= 11 is 0. The van der Waals surface area contributed by atoms with Crippen LogP contribution in [0.3, 0.4) is 0 Å². The van der Waals surface area contributed by atoms with Crippen LogP contribution in [0.25, 0.3) is 0 Å². The minimum Gasteiger partial charge on any atom is -0.465 e. The lowest BCUT2D eigenvalue weighted by Gasteiger charge is -2.21. The summed E-state index contributed by atoms with van der Waals surface area (Å²) in [5.74, 6) is -0.332. The van der Waals surface area contributed by atoms with Crippen molar-refractivity contribution in [2.24, 2.45) is 5.92 Å². The summed E-state index contributed by atoms with van der Waals surface area (Å²) in [7, 11) is 1.34. The second kappa shape index (κ2) is 6.33. The lowest BCUT2D eigenvalue weighted by atomic mass is 9.99. The summed E-state index contributed by atoms with van der Waals surface area (Å²) in [5, 5.41) is 6.08. The fourth-order valence-corrected chi connectivity index (χ4v) is 2.13. The first kappa shape index (κ1) is 13.5. The van der Waals surface area contributed by atoms with E-state index in [1.165, 1.54) is 7.11 Å². The topological polar surface area (TPSA) is 67.4 Å². The fraction of sp³-hybridized carbons (Fsp3) is 0.429. The Kier molecular flexibility index (Phi) is 4.52. The summed E-state index contributed by atoms with van der Waals surface area (Å²) in [6.07, 6.45) is 1.94. The van der Waals surface area contributed by atoms with Gasteiger partial charge in [-0.2, -0.15) is 0 Å². The number of methoxy groups -OCH3 is 1. The Morgan fingerprint density at radius 1 is 1.32 bits per heavy atom. The van der Waals surface area contributed by atoms with Gasteiger partial charge in [0.1, 0.15) is 0 Å². The van der Waals surface area contributed by atoms with E-state index < -0.39 is 0 Å². The number of hydrogen-bond acceptors (Lipinski definition) is 4. The highest BCUT2D eigenvalue weighted by molar-refractivity contribution is 5.94. The highest BCUT2D eigenvalue weighted by Crippen LogP contribution is 2.15. The van der Waals surface area contributed by atoms with Gasteiger partial charge >= 0.3 is 5.97 Å². The quantitative estimate of drug-likeness (QED) is 0.808. The molecule has 0 unspecified atom stereocenters. The van der Waals surface area contributed by atoms with Gasteiger partial charge in [-0.15, -0.1) is 0 Å². The van der Waals surface area contributed by atoms with E-state index >= 15 is 0 Å². The molecular formula is C14H18N2O3. The van der Waals surface area contributed by atoms with Crippen LogP contribution in [-0.4, -0.2) is 32.1 Å². The smallest absolute Gasteiger partial charge is 0.337 e. The second-order valence-corrected chi connectivity index (χ2v) is 4.60. The van der Waals surface area contributed by atoms with Crippen molar-refractivity contribution >= 4 is 17.6 Å². The van der Waals surface area contributed by atoms with E-state index in [1.807, 2.05) is 0 Å². The number of anilines is 1. The van der Waals surface area contributed by atoms with E-state index in [4.69, 9.17) is 0 Å². The summed E-state index contributed by atoms with van der Waals surface area (Å²) in [6.45, 7) is 1.71. The van der Waals surface area contributed by atoms with Crippen LogP contribution >= 0.6 is 0 Å². The Labute approximate surface area is 112 Å². The number of amides is 1. The van der Waals surface area contributed by atoms with Gasteiger partial charge < -0.3 is 15.4 Å². The molecule has 5 heteroatoms. The van der Waals surface area contributed by atoms with Crippen molar-refractivity contribution in [3.63, 3.8) is 0 Å². The maximum Gasteiger partial charge on any atom is 0.337 e. The lowest BCUT2D eigenvalue weighted by molar-refractivity contribution is -0.120. The van der Waals surface area contributed by atoms with Crippen LogP contribution in [-0.2, 0) is 9.53 Å². The normalized spacial score (nSPS) is 18.7. The zero-order valence-corrected chi connectivity index (χ0v) is 10.9. The lowest BCUT2D eigenvalue weighted by Crippen LogP contribution is -2.37. The molecule has 102 valence electrons. The monoisotopic (exact) mass is 262 g/mol. The molecule has 0 radical (unpaired) electrons. The molecule has 1 aromatic carbocycles. The van der Waals surface area contributed by atoms with Crippen molar-refractivity contribution in [3.8, 4) is 0 Å². The number of benzene rings is 1. The number of ether oxygens (including phenoxy) is 1. The molecule has 5 nitrogen and oxygen atoms in total. The minimum absolute atomic E-state index is 0.0223. The van der Waals surface area contributed by atoms with Crippen LogP contribution in [0.1, 0.15) is 23.2 Å². The van der Waals surface area contributed by atoms with Gasteiger partial charge in [-0.1, -0.05) is 0 Å². The number of rotatable bonds is 3. The van der Waals surface area contributed by atoms with Crippen molar-refractivity contribution in [2.45, 2.75) is 12.8 Å². The number of hydrogen-bond donors (Lipinski definition) is 2. The molecule has 19 heavy (non-hydrogen) atoms. The third-order valence-corrected chi connectivity index (χ3v) is 3.24. The van der Waals surface area contributed by atoms with Gasteiger partial charge in [-0.25, -0.2) is 4.79 Å². The van der Waals surface area contributed by atoms with Gasteiger partial charge in [0, 0.05) is 12.2 Å². The van der Waals surface area contributed by atoms with Crippen molar-refractivity contribution in [1.82, 2.24) is 5.32 Å². The average molecular weight is 262 g/mol. The molecule has 1 fully saturated rings. The molecule has 1 atom stereocenters. The van der Waals surface area contributed by atoms with Crippen LogP contribution in [0, 0.1) is 5.92 Å².